The number of H-pyrrole nitrogens is 1. The zero-order valence-electron chi connectivity index (χ0n) is 18.6. The molecular weight excluding hydrogens is 466 g/mol. The summed E-state index contributed by atoms with van der Waals surface area (Å²) in [5, 5.41) is 21.5. The number of nitrogens with one attached hydrogen (secondary N) is 2. The highest BCUT2D eigenvalue weighted by atomic mass is 32.2. The van der Waals surface area contributed by atoms with Crippen LogP contribution in [0.3, 0.4) is 0 Å². The van der Waals surface area contributed by atoms with Crippen LogP contribution in [0, 0.1) is 10.1 Å². The first-order valence-electron chi connectivity index (χ1n) is 10.1. The third-order valence-electron chi connectivity index (χ3n) is 4.77. The van der Waals surface area contributed by atoms with Crippen LogP contribution in [0.15, 0.2) is 53.4 Å². The Balaban J connectivity index is 2.03. The Labute approximate surface area is 194 Å². The number of hydrogen-bond donors (Lipinski definition) is 3. The van der Waals surface area contributed by atoms with Crippen molar-refractivity contribution in [2.75, 3.05) is 0 Å². The van der Waals surface area contributed by atoms with Crippen LogP contribution >= 0.6 is 0 Å². The molecule has 2 aromatic carbocycles. The second-order valence-electron chi connectivity index (χ2n) is 8.47. The number of nitro benzene ring substituents is 1. The monoisotopic (exact) mass is 489 g/mol. The first kappa shape index (κ1) is 24.9. The lowest BCUT2D eigenvalue weighted by molar-refractivity contribution is -0.387. The average Bonchev–Trinajstić information content (AvgIpc) is 3.10. The second-order valence-corrected chi connectivity index (χ2v) is 10.1. The Kier molecular flexibility index (Phi) is 6.75. The average molecular weight is 490 g/mol. The molecule has 0 bridgehead atoms. The molecule has 0 aliphatic heterocycles. The number of carbonyl (C=O) groups is 2. The van der Waals surface area contributed by atoms with Crippen LogP contribution in [0.1, 0.15) is 36.8 Å². The van der Waals surface area contributed by atoms with Crippen molar-refractivity contribution in [1.29, 1.82) is 0 Å². The van der Waals surface area contributed by atoms with Crippen LogP contribution in [0.4, 0.5) is 5.69 Å². The fourth-order valence-corrected chi connectivity index (χ4v) is 4.75. The standard InChI is InChI=1S/C22H23N3O8S/c1-22(2,3)33-21(28)19-14(13-8-4-5-9-15(13)23-19)12-16(20(26)27)24-34(31,32)18-11-7-6-10-17(18)25(29)30/h4-11,16,23-24H,12H2,1-3H3,(H,26,27)/t16-/m0/s1. The van der Waals surface area contributed by atoms with Gasteiger partial charge < -0.3 is 14.8 Å². The number of nitro groups is 1. The van der Waals surface area contributed by atoms with E-state index in [4.69, 9.17) is 4.74 Å². The predicted molar refractivity (Wildman–Crippen MR) is 122 cm³/mol. The molecule has 11 nitrogen and oxygen atoms in total. The van der Waals surface area contributed by atoms with Crippen molar-refractivity contribution in [2.24, 2.45) is 0 Å². The summed E-state index contributed by atoms with van der Waals surface area (Å²) >= 11 is 0. The van der Waals surface area contributed by atoms with Gasteiger partial charge in [-0.2, -0.15) is 4.72 Å². The molecule has 3 N–H and O–H groups in total. The topological polar surface area (TPSA) is 169 Å². The van der Waals surface area contributed by atoms with E-state index in [9.17, 15) is 33.2 Å². The summed E-state index contributed by atoms with van der Waals surface area (Å²) in [5.74, 6) is -2.26. The molecule has 180 valence electrons. The Hall–Kier alpha value is -3.77. The van der Waals surface area contributed by atoms with E-state index in [0.29, 0.717) is 10.9 Å². The van der Waals surface area contributed by atoms with Gasteiger partial charge in [-0.15, -0.1) is 0 Å². The number of fused-ring (bicyclic) bond motifs is 1. The van der Waals surface area contributed by atoms with Gasteiger partial charge in [-0.25, -0.2) is 13.2 Å². The number of aromatic nitrogens is 1. The largest absolute Gasteiger partial charge is 0.480 e. The highest BCUT2D eigenvalue weighted by Gasteiger charge is 2.33. The zero-order chi connectivity index (χ0) is 25.3. The molecule has 0 unspecified atom stereocenters. The van der Waals surface area contributed by atoms with Crippen molar-refractivity contribution in [2.45, 2.75) is 43.7 Å². The van der Waals surface area contributed by atoms with E-state index in [1.807, 2.05) is 4.72 Å². The molecule has 0 aliphatic rings. The van der Waals surface area contributed by atoms with Gasteiger partial charge in [0.25, 0.3) is 5.69 Å². The molecule has 0 amide bonds. The second kappa shape index (κ2) is 9.23. The van der Waals surface area contributed by atoms with Crippen LogP contribution in [0.2, 0.25) is 0 Å². The number of sulfonamides is 1. The molecule has 0 spiro atoms. The molecule has 0 saturated carbocycles. The third-order valence-corrected chi connectivity index (χ3v) is 6.29. The minimum Gasteiger partial charge on any atom is -0.480 e. The Morgan fingerprint density at radius 3 is 2.38 bits per heavy atom. The van der Waals surface area contributed by atoms with E-state index >= 15 is 0 Å². The molecule has 12 heteroatoms. The Morgan fingerprint density at radius 2 is 1.76 bits per heavy atom. The van der Waals surface area contributed by atoms with Gasteiger partial charge in [0, 0.05) is 23.4 Å². The molecule has 0 aliphatic carbocycles. The fraction of sp³-hybridized carbons (Fsp3) is 0.273. The van der Waals surface area contributed by atoms with Gasteiger partial charge in [-0.05, 0) is 38.5 Å². The number of ether oxygens (including phenoxy) is 1. The normalized spacial score (nSPS) is 12.9. The number of aliphatic carboxylic acids is 1. The van der Waals surface area contributed by atoms with Gasteiger partial charge in [-0.3, -0.25) is 14.9 Å². The van der Waals surface area contributed by atoms with Gasteiger partial charge in [0.2, 0.25) is 10.0 Å². The smallest absolute Gasteiger partial charge is 0.355 e. The van der Waals surface area contributed by atoms with Crippen LogP contribution in [0.5, 0.6) is 0 Å². The lowest BCUT2D eigenvalue weighted by Crippen LogP contribution is -2.42. The van der Waals surface area contributed by atoms with E-state index in [-0.39, 0.29) is 11.3 Å². The number of carboxylic acids is 1. The van der Waals surface area contributed by atoms with Crippen LogP contribution in [-0.4, -0.2) is 47.0 Å². The van der Waals surface area contributed by atoms with Crippen molar-refractivity contribution >= 4 is 38.6 Å². The van der Waals surface area contributed by atoms with Crippen LogP contribution in [0.25, 0.3) is 10.9 Å². The molecular formula is C22H23N3O8S. The molecule has 0 radical (unpaired) electrons. The molecule has 3 aromatic rings. The van der Waals surface area contributed by atoms with E-state index in [0.717, 1.165) is 12.1 Å². The maximum absolute atomic E-state index is 12.9. The number of benzene rings is 2. The molecule has 1 heterocycles. The highest BCUT2D eigenvalue weighted by Crippen LogP contribution is 2.27. The summed E-state index contributed by atoms with van der Waals surface area (Å²) < 4.78 is 33.2. The minimum absolute atomic E-state index is 0.00716. The number of para-hydroxylation sites is 2. The molecule has 34 heavy (non-hydrogen) atoms. The zero-order valence-corrected chi connectivity index (χ0v) is 19.4. The van der Waals surface area contributed by atoms with Crippen molar-refractivity contribution in [1.82, 2.24) is 9.71 Å². The first-order chi connectivity index (χ1) is 15.8. The molecule has 0 fully saturated rings. The van der Waals surface area contributed by atoms with E-state index < -0.39 is 55.5 Å². The molecule has 1 aromatic heterocycles. The van der Waals surface area contributed by atoms with Gasteiger partial charge >= 0.3 is 11.9 Å². The van der Waals surface area contributed by atoms with E-state index in [1.165, 1.54) is 12.1 Å². The number of aromatic amines is 1. The summed E-state index contributed by atoms with van der Waals surface area (Å²) in [4.78, 5) is 37.5. The molecule has 3 rings (SSSR count). The first-order valence-corrected chi connectivity index (χ1v) is 11.6. The van der Waals surface area contributed by atoms with Crippen molar-refractivity contribution in [3.63, 3.8) is 0 Å². The fourth-order valence-electron chi connectivity index (χ4n) is 3.38. The number of hydrogen-bond acceptors (Lipinski definition) is 7. The minimum atomic E-state index is -4.60. The SMILES string of the molecule is CC(C)(C)OC(=O)c1[nH]c2ccccc2c1C[C@H](NS(=O)(=O)c1ccccc1[N+](=O)[O-])C(=O)O. The predicted octanol–water partition coefficient (Wildman–Crippen LogP) is 3.01. The Morgan fingerprint density at radius 1 is 1.15 bits per heavy atom. The number of rotatable bonds is 8. The number of esters is 1. The maximum Gasteiger partial charge on any atom is 0.355 e. The maximum atomic E-state index is 12.9. The lowest BCUT2D eigenvalue weighted by atomic mass is 10.0. The summed E-state index contributed by atoms with van der Waals surface area (Å²) in [6.07, 6.45) is -0.423. The lowest BCUT2D eigenvalue weighted by Gasteiger charge is -2.20. The van der Waals surface area contributed by atoms with Gasteiger partial charge in [-0.1, -0.05) is 30.3 Å². The highest BCUT2D eigenvalue weighted by molar-refractivity contribution is 7.89. The van der Waals surface area contributed by atoms with Gasteiger partial charge in [0.05, 0.1) is 4.92 Å². The summed E-state index contributed by atoms with van der Waals surface area (Å²) in [5.41, 5.74) is -0.759. The van der Waals surface area contributed by atoms with Gasteiger partial charge in [0.15, 0.2) is 4.90 Å². The number of nitrogens with zero attached hydrogens (tertiary/aromatic N) is 1. The summed E-state index contributed by atoms with van der Waals surface area (Å²) in [7, 11) is -4.60. The van der Waals surface area contributed by atoms with E-state index in [1.54, 1.807) is 45.0 Å². The van der Waals surface area contributed by atoms with Crippen molar-refractivity contribution in [3.05, 3.63) is 69.9 Å². The molecule has 0 saturated heterocycles. The van der Waals surface area contributed by atoms with Crippen molar-refractivity contribution < 1.29 is 32.8 Å². The quantitative estimate of drug-likeness (QED) is 0.246. The number of carbonyl (C=O) groups excluding carboxylic acids is 1. The molecule has 1 atom stereocenters. The van der Waals surface area contributed by atoms with Crippen LogP contribution in [-0.2, 0) is 26.0 Å². The summed E-state index contributed by atoms with van der Waals surface area (Å²) in [6.45, 7) is 5.02. The Bertz CT molecular complexity index is 1370. The van der Waals surface area contributed by atoms with Crippen molar-refractivity contribution in [3.8, 4) is 0 Å². The van der Waals surface area contributed by atoms with E-state index in [2.05, 4.69) is 4.98 Å². The summed E-state index contributed by atoms with van der Waals surface area (Å²) in [6, 6.07) is 9.61. The van der Waals surface area contributed by atoms with Gasteiger partial charge in [0.1, 0.15) is 17.3 Å². The third kappa shape index (κ3) is 5.41. The number of carboxylic acid groups (broad SMARTS) is 1. The van der Waals surface area contributed by atoms with Crippen LogP contribution < -0.4 is 4.72 Å².